The maximum absolute atomic E-state index is 10.1. The Morgan fingerprint density at radius 3 is 2.11 bits per heavy atom. The maximum atomic E-state index is 10.1. The van der Waals surface area contributed by atoms with Gasteiger partial charge in [0.05, 0.1) is 10.7 Å². The van der Waals surface area contributed by atoms with Crippen LogP contribution in [0.25, 0.3) is 0 Å². The minimum atomic E-state index is 0.00926. The topological polar surface area (TPSA) is 32.6 Å². The molecule has 1 N–H and O–H groups in total. The van der Waals surface area contributed by atoms with E-state index < -0.39 is 0 Å². The summed E-state index contributed by atoms with van der Waals surface area (Å²) in [5, 5.41) is 10.8. The van der Waals surface area contributed by atoms with Crippen LogP contribution in [-0.4, -0.2) is 11.3 Å². The highest BCUT2D eigenvalue weighted by Crippen LogP contribution is 2.60. The molecule has 4 aliphatic rings. The van der Waals surface area contributed by atoms with Crippen molar-refractivity contribution in [3.63, 3.8) is 0 Å². The summed E-state index contributed by atoms with van der Waals surface area (Å²) in [6.07, 6.45) is 10.1. The molecule has 4 saturated carbocycles. The molecule has 2 aromatic rings. The molecule has 0 spiro atoms. The van der Waals surface area contributed by atoms with Crippen LogP contribution in [-0.2, 0) is 5.41 Å². The van der Waals surface area contributed by atoms with Gasteiger partial charge in [0.15, 0.2) is 0 Å². The predicted molar refractivity (Wildman–Crippen MR) is 112 cm³/mol. The van der Waals surface area contributed by atoms with Crippen LogP contribution in [0.4, 0.5) is 5.69 Å². The Balaban J connectivity index is 1.38. The molecule has 6 rings (SSSR count). The molecule has 2 nitrogen and oxygen atoms in total. The van der Waals surface area contributed by atoms with Crippen molar-refractivity contribution < 1.29 is 5.11 Å². The van der Waals surface area contributed by atoms with Crippen molar-refractivity contribution in [1.82, 2.24) is 0 Å². The number of halogens is 2. The molecule has 0 saturated heterocycles. The quantitative estimate of drug-likeness (QED) is 0.558. The molecule has 4 heteroatoms. The Bertz CT molecular complexity index is 868. The molecule has 0 unspecified atom stereocenters. The highest BCUT2D eigenvalue weighted by molar-refractivity contribution is 6.36. The second-order valence-electron chi connectivity index (χ2n) is 8.83. The van der Waals surface area contributed by atoms with Crippen LogP contribution < -0.4 is 0 Å². The van der Waals surface area contributed by atoms with Gasteiger partial charge in [-0.3, -0.25) is 4.99 Å². The summed E-state index contributed by atoms with van der Waals surface area (Å²) in [6.45, 7) is 0. The summed E-state index contributed by atoms with van der Waals surface area (Å²) in [5.41, 5.74) is 3.31. The minimum Gasteiger partial charge on any atom is -0.506 e. The van der Waals surface area contributed by atoms with Gasteiger partial charge in [0.2, 0.25) is 0 Å². The minimum absolute atomic E-state index is 0.00926. The van der Waals surface area contributed by atoms with Crippen molar-refractivity contribution >= 4 is 35.1 Å². The van der Waals surface area contributed by atoms with E-state index >= 15 is 0 Å². The van der Waals surface area contributed by atoms with E-state index in [-0.39, 0.29) is 10.8 Å². The lowest BCUT2D eigenvalue weighted by atomic mass is 9.48. The lowest BCUT2D eigenvalue weighted by molar-refractivity contribution is -0.00518. The molecular weight excluding hydrogens is 377 g/mol. The number of rotatable bonds is 3. The fourth-order valence-electron chi connectivity index (χ4n) is 6.19. The lowest BCUT2D eigenvalue weighted by Crippen LogP contribution is -2.48. The first-order valence-corrected chi connectivity index (χ1v) is 10.6. The third-order valence-electron chi connectivity index (χ3n) is 6.93. The average Bonchev–Trinajstić information content (AvgIpc) is 2.63. The maximum Gasteiger partial charge on any atom is 0.143 e. The Kier molecular flexibility index (Phi) is 4.25. The molecule has 0 amide bonds. The number of nitrogens with zero attached hydrogens (tertiary/aromatic N) is 1. The highest BCUT2D eigenvalue weighted by Gasteiger charge is 2.51. The van der Waals surface area contributed by atoms with Crippen molar-refractivity contribution in [2.45, 2.75) is 43.9 Å². The predicted octanol–water partition coefficient (Wildman–Crippen LogP) is 6.92. The van der Waals surface area contributed by atoms with Gasteiger partial charge >= 0.3 is 0 Å². The van der Waals surface area contributed by atoms with E-state index in [4.69, 9.17) is 23.2 Å². The van der Waals surface area contributed by atoms with Crippen molar-refractivity contribution in [2.24, 2.45) is 22.7 Å². The zero-order valence-electron chi connectivity index (χ0n) is 15.2. The van der Waals surface area contributed by atoms with Gasteiger partial charge in [0.1, 0.15) is 5.75 Å². The summed E-state index contributed by atoms with van der Waals surface area (Å²) in [4.78, 5) is 4.50. The average molecular weight is 400 g/mol. The smallest absolute Gasteiger partial charge is 0.143 e. The number of hydrogen-bond acceptors (Lipinski definition) is 2. The van der Waals surface area contributed by atoms with Crippen molar-refractivity contribution in [1.29, 1.82) is 0 Å². The van der Waals surface area contributed by atoms with Crippen LogP contribution in [0.3, 0.4) is 0 Å². The van der Waals surface area contributed by atoms with E-state index in [2.05, 4.69) is 29.3 Å². The lowest BCUT2D eigenvalue weighted by Gasteiger charge is -2.57. The molecule has 4 fully saturated rings. The molecule has 4 aliphatic carbocycles. The third kappa shape index (κ3) is 3.17. The first-order valence-electron chi connectivity index (χ1n) is 9.83. The van der Waals surface area contributed by atoms with Gasteiger partial charge in [0, 0.05) is 16.8 Å². The zero-order valence-corrected chi connectivity index (χ0v) is 16.7. The second kappa shape index (κ2) is 6.53. The normalized spacial score (nSPS) is 31.7. The summed E-state index contributed by atoms with van der Waals surface area (Å²) in [5.74, 6) is 2.86. The molecule has 2 aromatic carbocycles. The monoisotopic (exact) mass is 399 g/mol. The fourth-order valence-corrected chi connectivity index (χ4v) is 6.70. The van der Waals surface area contributed by atoms with Crippen molar-refractivity contribution in [3.05, 3.63) is 57.6 Å². The van der Waals surface area contributed by atoms with E-state index in [0.717, 1.165) is 23.4 Å². The number of phenols is 1. The van der Waals surface area contributed by atoms with Crippen LogP contribution in [0.15, 0.2) is 41.4 Å². The molecule has 4 bridgehead atoms. The second-order valence-corrected chi connectivity index (χ2v) is 9.67. The van der Waals surface area contributed by atoms with Gasteiger partial charge in [-0.1, -0.05) is 35.3 Å². The first-order chi connectivity index (χ1) is 13.0. The molecule has 0 heterocycles. The van der Waals surface area contributed by atoms with Crippen LogP contribution >= 0.6 is 23.2 Å². The van der Waals surface area contributed by atoms with Crippen LogP contribution in [0, 0.1) is 17.8 Å². The SMILES string of the molecule is Oc1c(Cl)cc(Cl)cc1C=Nc1ccc(C23CC4CC(CC(C4)C2)C3)cc1. The molecule has 0 atom stereocenters. The van der Waals surface area contributed by atoms with Gasteiger partial charge in [0.25, 0.3) is 0 Å². The first kappa shape index (κ1) is 17.6. The van der Waals surface area contributed by atoms with Crippen LogP contribution in [0.2, 0.25) is 10.0 Å². The number of phenolic OH excluding ortho intramolecular Hbond substituents is 1. The summed E-state index contributed by atoms with van der Waals surface area (Å²) < 4.78 is 0. The van der Waals surface area contributed by atoms with E-state index in [1.54, 1.807) is 12.3 Å². The van der Waals surface area contributed by atoms with E-state index in [1.807, 2.05) is 0 Å². The third-order valence-corrected chi connectivity index (χ3v) is 7.43. The van der Waals surface area contributed by atoms with Crippen molar-refractivity contribution in [3.8, 4) is 5.75 Å². The van der Waals surface area contributed by atoms with Gasteiger partial charge < -0.3 is 5.11 Å². The van der Waals surface area contributed by atoms with E-state index in [9.17, 15) is 5.11 Å². The van der Waals surface area contributed by atoms with E-state index in [1.165, 1.54) is 50.2 Å². The molecule has 0 aliphatic heterocycles. The number of benzene rings is 2. The summed E-state index contributed by atoms with van der Waals surface area (Å²) in [7, 11) is 0. The number of hydrogen-bond donors (Lipinski definition) is 1. The Labute approximate surface area is 170 Å². The summed E-state index contributed by atoms with van der Waals surface area (Å²) in [6, 6.07) is 11.9. The molecule has 140 valence electrons. The van der Waals surface area contributed by atoms with Gasteiger partial charge in [-0.2, -0.15) is 0 Å². The standard InChI is InChI=1S/C23H23Cl2NO/c24-19-8-17(22(27)21(25)9-19)13-26-20-3-1-18(2-4-20)23-10-14-5-15(11-23)7-16(6-14)12-23/h1-4,8-9,13-16,27H,5-7,10-12H2. The Morgan fingerprint density at radius 2 is 1.52 bits per heavy atom. The molecular formula is C23H23Cl2NO. The number of aliphatic imine (C=N–C) groups is 1. The van der Waals surface area contributed by atoms with Crippen LogP contribution in [0.1, 0.15) is 49.7 Å². The van der Waals surface area contributed by atoms with Gasteiger partial charge in [-0.05, 0) is 91.5 Å². The molecule has 0 aromatic heterocycles. The largest absolute Gasteiger partial charge is 0.506 e. The van der Waals surface area contributed by atoms with Gasteiger partial charge in [-0.15, -0.1) is 0 Å². The molecule has 27 heavy (non-hydrogen) atoms. The van der Waals surface area contributed by atoms with E-state index in [0.29, 0.717) is 16.0 Å². The van der Waals surface area contributed by atoms with Crippen molar-refractivity contribution in [2.75, 3.05) is 0 Å². The fraction of sp³-hybridized carbons (Fsp3) is 0.435. The summed E-state index contributed by atoms with van der Waals surface area (Å²) >= 11 is 12.0. The Hall–Kier alpha value is -1.51. The van der Waals surface area contributed by atoms with Gasteiger partial charge in [-0.25, -0.2) is 0 Å². The highest BCUT2D eigenvalue weighted by atomic mass is 35.5. The number of aromatic hydroxyl groups is 1. The molecule has 0 radical (unpaired) electrons. The Morgan fingerprint density at radius 1 is 0.926 bits per heavy atom. The zero-order chi connectivity index (χ0) is 18.6. The van der Waals surface area contributed by atoms with Crippen LogP contribution in [0.5, 0.6) is 5.75 Å².